The molecule has 0 radical (unpaired) electrons. The quantitative estimate of drug-likeness (QED) is 0.0617. The summed E-state index contributed by atoms with van der Waals surface area (Å²) in [6.07, 6.45) is 24.1. The number of hydrogen-bond donors (Lipinski definition) is 1. The van der Waals surface area contributed by atoms with Gasteiger partial charge in [-0.25, -0.2) is 0 Å². The molecule has 5 rings (SSSR count). The van der Waals surface area contributed by atoms with Crippen LogP contribution >= 0.6 is 24.4 Å². The zero-order chi connectivity index (χ0) is 34.6. The van der Waals surface area contributed by atoms with Crippen molar-refractivity contribution in [1.29, 1.82) is 0 Å². The summed E-state index contributed by atoms with van der Waals surface area (Å²) in [5.41, 5.74) is 12.4. The van der Waals surface area contributed by atoms with Gasteiger partial charge >= 0.3 is 0 Å². The highest BCUT2D eigenvalue weighted by Gasteiger charge is 2.45. The second-order valence-corrected chi connectivity index (χ2v) is 15.5. The molecule has 4 aromatic carbocycles. The normalized spacial score (nSPS) is 16.7. The topological polar surface area (TPSA) is 0 Å². The summed E-state index contributed by atoms with van der Waals surface area (Å²) in [6, 6.07) is 32.4. The van der Waals surface area contributed by atoms with E-state index in [1.165, 1.54) is 108 Å². The minimum Gasteiger partial charge on any atom is -0.175 e. The highest BCUT2D eigenvalue weighted by atomic mass is 32.2. The molecule has 1 aliphatic rings. The fourth-order valence-electron chi connectivity index (χ4n) is 7.97. The Bertz CT molecular complexity index is 1550. The molecule has 0 heterocycles. The third-order valence-electron chi connectivity index (χ3n) is 11.0. The number of rotatable bonds is 18. The van der Waals surface area contributed by atoms with Crippen LogP contribution in [-0.4, -0.2) is 6.26 Å². The van der Waals surface area contributed by atoms with Crippen LogP contribution in [0.15, 0.2) is 89.8 Å². The number of thioether (sulfide) groups is 1. The maximum atomic E-state index is 4.45. The van der Waals surface area contributed by atoms with Gasteiger partial charge in [-0.3, -0.25) is 0 Å². The molecule has 2 unspecified atom stereocenters. The zero-order valence-electron chi connectivity index (χ0n) is 30.7. The lowest BCUT2D eigenvalue weighted by Crippen LogP contribution is -2.31. The molecule has 0 spiro atoms. The van der Waals surface area contributed by atoms with Gasteiger partial charge in [0, 0.05) is 16.1 Å². The summed E-state index contributed by atoms with van der Waals surface area (Å²) in [5.74, 6) is 2.19. The van der Waals surface area contributed by atoms with Gasteiger partial charge in [-0.2, -0.15) is 12.6 Å². The Labute approximate surface area is 308 Å². The molecular weight excluding hydrogens is 629 g/mol. The molecule has 2 heteroatoms. The van der Waals surface area contributed by atoms with Crippen LogP contribution in [0.25, 0.3) is 35.4 Å². The number of unbranched alkanes of at least 4 members (excludes halogenated alkanes) is 2. The lowest BCUT2D eigenvalue weighted by molar-refractivity contribution is 0.266. The predicted molar refractivity (Wildman–Crippen MR) is 224 cm³/mol. The van der Waals surface area contributed by atoms with Gasteiger partial charge in [0.1, 0.15) is 0 Å². The molecule has 0 N–H and O–H groups in total. The van der Waals surface area contributed by atoms with E-state index in [0.29, 0.717) is 11.8 Å². The van der Waals surface area contributed by atoms with Crippen molar-refractivity contribution in [3.63, 3.8) is 0 Å². The molecule has 4 aromatic rings. The second-order valence-electron chi connectivity index (χ2n) is 14.3. The highest BCUT2D eigenvalue weighted by Crippen LogP contribution is 2.57. The molecule has 0 fully saturated rings. The van der Waals surface area contributed by atoms with E-state index in [-0.39, 0.29) is 5.41 Å². The van der Waals surface area contributed by atoms with Crippen molar-refractivity contribution in [2.45, 2.75) is 108 Å². The third-order valence-corrected chi connectivity index (χ3v) is 12.1. The molecule has 0 saturated heterocycles. The Kier molecular flexibility index (Phi) is 14.0. The number of hydrogen-bond acceptors (Lipinski definition) is 2. The lowest BCUT2D eigenvalue weighted by atomic mass is 9.65. The SMILES string of the molecule is CCCCC(CC)CC1(CC(CC)CCCC)c2cc(/C=C/c3ccc(CS)cc3)ccc2-c2ccc(/C=C/c3ccc(SC)cc3)cc21. The van der Waals surface area contributed by atoms with Gasteiger partial charge in [0.25, 0.3) is 0 Å². The Morgan fingerprint density at radius 3 is 1.43 bits per heavy atom. The van der Waals surface area contributed by atoms with E-state index in [9.17, 15) is 0 Å². The van der Waals surface area contributed by atoms with Gasteiger partial charge in [-0.05, 0) is 93.1 Å². The highest BCUT2D eigenvalue weighted by molar-refractivity contribution is 7.98. The van der Waals surface area contributed by atoms with Gasteiger partial charge in [-0.15, -0.1) is 11.8 Å². The summed E-state index contributed by atoms with van der Waals surface area (Å²) >= 11 is 6.24. The maximum absolute atomic E-state index is 4.45. The molecule has 258 valence electrons. The third kappa shape index (κ3) is 9.25. The number of fused-ring (bicyclic) bond motifs is 3. The van der Waals surface area contributed by atoms with Crippen molar-refractivity contribution in [1.82, 2.24) is 0 Å². The van der Waals surface area contributed by atoms with Crippen LogP contribution in [-0.2, 0) is 11.2 Å². The van der Waals surface area contributed by atoms with Crippen molar-refractivity contribution in [3.05, 3.63) is 124 Å². The van der Waals surface area contributed by atoms with Crippen LogP contribution in [0.3, 0.4) is 0 Å². The Hall–Kier alpha value is -2.94. The van der Waals surface area contributed by atoms with Crippen molar-refractivity contribution < 1.29 is 0 Å². The smallest absolute Gasteiger partial charge is 0.0220 e. The standard InChI is InChI=1S/C47H58S2/c1-6-10-12-35(8-3)32-47(33-36(9-4)13-11-7-2)45-30-39(18-14-37-16-20-41(34-48)21-17-37)24-28-43(45)44-29-25-40(31-46(44)47)19-15-38-22-26-42(49-5)27-23-38/h14-31,35-36,48H,6-13,32-34H2,1-5H3/b18-14+,19-15+. The van der Waals surface area contributed by atoms with Crippen LogP contribution in [0.2, 0.25) is 0 Å². The van der Waals surface area contributed by atoms with E-state index in [4.69, 9.17) is 0 Å². The molecule has 2 atom stereocenters. The van der Waals surface area contributed by atoms with Crippen LogP contribution in [0.4, 0.5) is 0 Å². The van der Waals surface area contributed by atoms with Crippen LogP contribution in [0, 0.1) is 11.8 Å². The van der Waals surface area contributed by atoms with E-state index < -0.39 is 0 Å². The second kappa shape index (κ2) is 18.3. The Morgan fingerprint density at radius 2 is 1.02 bits per heavy atom. The summed E-state index contributed by atoms with van der Waals surface area (Å²) in [7, 11) is 0. The first-order valence-corrected chi connectivity index (χ1v) is 20.8. The van der Waals surface area contributed by atoms with Crippen molar-refractivity contribution in [2.75, 3.05) is 6.26 Å². The number of benzene rings is 4. The summed E-state index contributed by atoms with van der Waals surface area (Å²) in [6.45, 7) is 9.55. The molecule has 0 amide bonds. The predicted octanol–water partition coefficient (Wildman–Crippen LogP) is 14.7. The van der Waals surface area contributed by atoms with Crippen molar-refractivity contribution >= 4 is 48.7 Å². The van der Waals surface area contributed by atoms with Crippen LogP contribution < -0.4 is 0 Å². The van der Waals surface area contributed by atoms with Gasteiger partial charge < -0.3 is 0 Å². The first-order valence-electron chi connectivity index (χ1n) is 19.0. The lowest BCUT2D eigenvalue weighted by Gasteiger charge is -2.39. The van der Waals surface area contributed by atoms with Crippen molar-refractivity contribution in [2.24, 2.45) is 11.8 Å². The van der Waals surface area contributed by atoms with Crippen LogP contribution in [0.1, 0.15) is 131 Å². The average molecular weight is 687 g/mol. The monoisotopic (exact) mass is 686 g/mol. The molecule has 0 aromatic heterocycles. The Balaban J connectivity index is 1.62. The fourth-order valence-corrected chi connectivity index (χ4v) is 8.59. The Morgan fingerprint density at radius 1 is 0.592 bits per heavy atom. The van der Waals surface area contributed by atoms with E-state index in [1.807, 2.05) is 0 Å². The molecule has 1 aliphatic carbocycles. The van der Waals surface area contributed by atoms with Gasteiger partial charge in [0.2, 0.25) is 0 Å². The molecule has 0 saturated carbocycles. The summed E-state index contributed by atoms with van der Waals surface area (Å²) < 4.78 is 0. The molecule has 0 aliphatic heterocycles. The van der Waals surface area contributed by atoms with Gasteiger partial charge in [0.15, 0.2) is 0 Å². The van der Waals surface area contributed by atoms with E-state index in [1.54, 1.807) is 22.9 Å². The molecule has 0 bridgehead atoms. The molecule has 49 heavy (non-hydrogen) atoms. The van der Waals surface area contributed by atoms with Gasteiger partial charge in [-0.1, -0.05) is 176 Å². The zero-order valence-corrected chi connectivity index (χ0v) is 32.4. The fraction of sp³-hybridized carbons (Fsp3) is 0.404. The number of thiol groups is 1. The maximum Gasteiger partial charge on any atom is 0.0220 e. The first-order chi connectivity index (χ1) is 24.0. The minimum atomic E-state index is 0.00934. The summed E-state index contributed by atoms with van der Waals surface area (Å²) in [5, 5.41) is 0. The van der Waals surface area contributed by atoms with E-state index in [0.717, 1.165) is 5.75 Å². The largest absolute Gasteiger partial charge is 0.175 e. The van der Waals surface area contributed by atoms with E-state index >= 15 is 0 Å². The van der Waals surface area contributed by atoms with E-state index in [2.05, 4.69) is 156 Å². The molecule has 0 nitrogen and oxygen atoms in total. The first kappa shape index (κ1) is 37.3. The summed E-state index contributed by atoms with van der Waals surface area (Å²) in [4.78, 5) is 1.31. The van der Waals surface area contributed by atoms with Crippen molar-refractivity contribution in [3.8, 4) is 11.1 Å². The molecular formula is C47H58S2. The minimum absolute atomic E-state index is 0.00934. The van der Waals surface area contributed by atoms with Crippen LogP contribution in [0.5, 0.6) is 0 Å². The van der Waals surface area contributed by atoms with Gasteiger partial charge in [0.05, 0.1) is 0 Å². The average Bonchev–Trinajstić information content (AvgIpc) is 3.41.